The minimum Gasteiger partial charge on any atom is -0.395 e. The standard InChI is InChI=1S/C12H15BrF2N2O2/c13-9-3-1-2-4-10(9)16-12(19)8-17(5-6-18)7-11(14)15/h1-4,11,18H,5-8H2,(H,16,19). The van der Waals surface area contributed by atoms with E-state index in [1.807, 2.05) is 0 Å². The van der Waals surface area contributed by atoms with E-state index >= 15 is 0 Å². The summed E-state index contributed by atoms with van der Waals surface area (Å²) in [6.45, 7) is -0.959. The quantitative estimate of drug-likeness (QED) is 0.800. The van der Waals surface area contributed by atoms with Crippen molar-refractivity contribution >= 4 is 27.5 Å². The first-order valence-electron chi connectivity index (χ1n) is 5.68. The Morgan fingerprint density at radius 3 is 2.68 bits per heavy atom. The fourth-order valence-corrected chi connectivity index (χ4v) is 1.91. The molecule has 0 atom stereocenters. The van der Waals surface area contributed by atoms with E-state index in [-0.39, 0.29) is 19.7 Å². The number of nitrogens with one attached hydrogen (secondary N) is 1. The van der Waals surface area contributed by atoms with E-state index < -0.39 is 18.9 Å². The van der Waals surface area contributed by atoms with Crippen molar-refractivity contribution in [3.05, 3.63) is 28.7 Å². The van der Waals surface area contributed by atoms with Gasteiger partial charge in [-0.25, -0.2) is 8.78 Å². The van der Waals surface area contributed by atoms with Crippen molar-refractivity contribution in [2.24, 2.45) is 0 Å². The van der Waals surface area contributed by atoms with Gasteiger partial charge in [0.2, 0.25) is 5.91 Å². The second-order valence-corrected chi connectivity index (χ2v) is 4.73. The number of hydrogen-bond donors (Lipinski definition) is 2. The zero-order chi connectivity index (χ0) is 14.3. The number of rotatable bonds is 7. The van der Waals surface area contributed by atoms with Gasteiger partial charge in [0, 0.05) is 11.0 Å². The molecule has 0 aliphatic carbocycles. The Morgan fingerprint density at radius 1 is 1.42 bits per heavy atom. The van der Waals surface area contributed by atoms with Crippen LogP contribution in [-0.2, 0) is 4.79 Å². The fourth-order valence-electron chi connectivity index (χ4n) is 1.53. The highest BCUT2D eigenvalue weighted by Gasteiger charge is 2.15. The third-order valence-corrected chi connectivity index (χ3v) is 3.02. The van der Waals surface area contributed by atoms with Crippen LogP contribution in [0.25, 0.3) is 0 Å². The van der Waals surface area contributed by atoms with Gasteiger partial charge in [0.15, 0.2) is 0 Å². The van der Waals surface area contributed by atoms with Crippen LogP contribution >= 0.6 is 15.9 Å². The molecule has 0 radical (unpaired) electrons. The maximum Gasteiger partial charge on any atom is 0.251 e. The molecule has 0 saturated heterocycles. The number of anilines is 1. The lowest BCUT2D eigenvalue weighted by Crippen LogP contribution is -2.38. The van der Waals surface area contributed by atoms with Crippen LogP contribution < -0.4 is 5.32 Å². The van der Waals surface area contributed by atoms with Gasteiger partial charge in [0.05, 0.1) is 25.4 Å². The molecule has 0 heterocycles. The number of carbonyl (C=O) groups is 1. The second-order valence-electron chi connectivity index (χ2n) is 3.88. The largest absolute Gasteiger partial charge is 0.395 e. The number of amides is 1. The molecule has 1 aromatic rings. The summed E-state index contributed by atoms with van der Waals surface area (Å²) in [6.07, 6.45) is -2.54. The fraction of sp³-hybridized carbons (Fsp3) is 0.417. The maximum atomic E-state index is 12.3. The number of aliphatic hydroxyl groups excluding tert-OH is 1. The first-order chi connectivity index (χ1) is 9.02. The summed E-state index contributed by atoms with van der Waals surface area (Å²) in [7, 11) is 0. The topological polar surface area (TPSA) is 52.6 Å². The summed E-state index contributed by atoms with van der Waals surface area (Å²) in [5.74, 6) is -0.402. The Morgan fingerprint density at radius 2 is 2.11 bits per heavy atom. The van der Waals surface area contributed by atoms with E-state index in [0.29, 0.717) is 10.2 Å². The maximum absolute atomic E-state index is 12.3. The van der Waals surface area contributed by atoms with Crippen LogP contribution in [0.4, 0.5) is 14.5 Å². The highest BCUT2D eigenvalue weighted by Crippen LogP contribution is 2.20. The summed E-state index contributed by atoms with van der Waals surface area (Å²) in [5, 5.41) is 11.4. The van der Waals surface area contributed by atoms with Crippen molar-refractivity contribution in [2.75, 3.05) is 31.6 Å². The van der Waals surface area contributed by atoms with E-state index in [9.17, 15) is 13.6 Å². The number of benzene rings is 1. The van der Waals surface area contributed by atoms with Crippen molar-refractivity contribution in [3.63, 3.8) is 0 Å². The minimum absolute atomic E-state index is 0.0354. The molecular weight excluding hydrogens is 322 g/mol. The molecule has 7 heteroatoms. The Balaban J connectivity index is 2.55. The summed E-state index contributed by atoms with van der Waals surface area (Å²) in [6, 6.07) is 7.02. The number of halogens is 3. The molecule has 0 fully saturated rings. The molecule has 1 amide bonds. The van der Waals surface area contributed by atoms with Crippen LogP contribution in [0.3, 0.4) is 0 Å². The Labute approximate surface area is 118 Å². The van der Waals surface area contributed by atoms with E-state index in [2.05, 4.69) is 21.2 Å². The zero-order valence-corrected chi connectivity index (χ0v) is 11.7. The minimum atomic E-state index is -2.54. The van der Waals surface area contributed by atoms with Crippen molar-refractivity contribution in [1.82, 2.24) is 4.90 Å². The van der Waals surface area contributed by atoms with Gasteiger partial charge in [0.1, 0.15) is 0 Å². The molecule has 0 unspecified atom stereocenters. The molecule has 4 nitrogen and oxygen atoms in total. The van der Waals surface area contributed by atoms with Gasteiger partial charge in [-0.05, 0) is 28.1 Å². The summed E-state index contributed by atoms with van der Waals surface area (Å²) >= 11 is 3.27. The molecule has 106 valence electrons. The van der Waals surface area contributed by atoms with Crippen LogP contribution in [0, 0.1) is 0 Å². The molecule has 0 spiro atoms. The first kappa shape index (κ1) is 16.0. The lowest BCUT2D eigenvalue weighted by atomic mass is 10.3. The second kappa shape index (κ2) is 8.19. The number of para-hydroxylation sites is 1. The SMILES string of the molecule is O=C(CN(CCO)CC(F)F)Nc1ccccc1Br. The Bertz CT molecular complexity index is 418. The average molecular weight is 337 g/mol. The molecule has 0 bridgehead atoms. The number of hydrogen-bond acceptors (Lipinski definition) is 3. The highest BCUT2D eigenvalue weighted by atomic mass is 79.9. The molecule has 1 aromatic carbocycles. The van der Waals surface area contributed by atoms with E-state index in [1.54, 1.807) is 24.3 Å². The van der Waals surface area contributed by atoms with Gasteiger partial charge in [-0.2, -0.15) is 0 Å². The van der Waals surface area contributed by atoms with Crippen molar-refractivity contribution in [3.8, 4) is 0 Å². The lowest BCUT2D eigenvalue weighted by Gasteiger charge is -2.20. The van der Waals surface area contributed by atoms with Crippen molar-refractivity contribution in [2.45, 2.75) is 6.43 Å². The number of carbonyl (C=O) groups excluding carboxylic acids is 1. The van der Waals surface area contributed by atoms with Crippen LogP contribution in [0.1, 0.15) is 0 Å². The Hall–Kier alpha value is -1.05. The molecule has 2 N–H and O–H groups in total. The first-order valence-corrected chi connectivity index (χ1v) is 6.48. The molecule has 0 aliphatic heterocycles. The number of aliphatic hydroxyl groups is 1. The third kappa shape index (κ3) is 6.09. The molecular formula is C12H15BrF2N2O2. The molecule has 0 saturated carbocycles. The van der Waals surface area contributed by atoms with Gasteiger partial charge in [-0.3, -0.25) is 9.69 Å². The smallest absolute Gasteiger partial charge is 0.251 e. The predicted octanol–water partition coefficient (Wildman–Crippen LogP) is 1.95. The van der Waals surface area contributed by atoms with E-state index in [0.717, 1.165) is 0 Å². The summed E-state index contributed by atoms with van der Waals surface area (Å²) in [4.78, 5) is 12.9. The van der Waals surface area contributed by atoms with Crippen LogP contribution in [-0.4, -0.2) is 48.6 Å². The predicted molar refractivity (Wildman–Crippen MR) is 72.3 cm³/mol. The monoisotopic (exact) mass is 336 g/mol. The average Bonchev–Trinajstić information content (AvgIpc) is 2.31. The number of nitrogens with zero attached hydrogens (tertiary/aromatic N) is 1. The molecule has 1 rings (SSSR count). The van der Waals surface area contributed by atoms with Crippen LogP contribution in [0.5, 0.6) is 0 Å². The van der Waals surface area contributed by atoms with Gasteiger partial charge in [-0.1, -0.05) is 12.1 Å². The molecule has 0 aliphatic rings. The van der Waals surface area contributed by atoms with E-state index in [1.165, 1.54) is 4.90 Å². The van der Waals surface area contributed by atoms with E-state index in [4.69, 9.17) is 5.11 Å². The Kier molecular flexibility index (Phi) is 6.90. The van der Waals surface area contributed by atoms with Crippen molar-refractivity contribution in [1.29, 1.82) is 0 Å². The summed E-state index contributed by atoms with van der Waals surface area (Å²) < 4.78 is 25.3. The molecule has 0 aromatic heterocycles. The summed E-state index contributed by atoms with van der Waals surface area (Å²) in [5.41, 5.74) is 0.577. The highest BCUT2D eigenvalue weighted by molar-refractivity contribution is 9.10. The van der Waals surface area contributed by atoms with Gasteiger partial charge in [-0.15, -0.1) is 0 Å². The zero-order valence-electron chi connectivity index (χ0n) is 10.2. The van der Waals surface area contributed by atoms with Crippen LogP contribution in [0.15, 0.2) is 28.7 Å². The third-order valence-electron chi connectivity index (χ3n) is 2.33. The lowest BCUT2D eigenvalue weighted by molar-refractivity contribution is -0.117. The van der Waals surface area contributed by atoms with Gasteiger partial charge >= 0.3 is 0 Å². The van der Waals surface area contributed by atoms with Crippen LogP contribution in [0.2, 0.25) is 0 Å². The van der Waals surface area contributed by atoms with Crippen molar-refractivity contribution < 1.29 is 18.7 Å². The van der Waals surface area contributed by atoms with Gasteiger partial charge in [0.25, 0.3) is 6.43 Å². The number of alkyl halides is 2. The molecule has 19 heavy (non-hydrogen) atoms. The van der Waals surface area contributed by atoms with Gasteiger partial charge < -0.3 is 10.4 Å². The normalized spacial score (nSPS) is 11.1.